The number of nitrogens with zero attached hydrogens (tertiary/aromatic N) is 2. The Labute approximate surface area is 116 Å². The van der Waals surface area contributed by atoms with Crippen molar-refractivity contribution in [1.82, 2.24) is 9.97 Å². The second kappa shape index (κ2) is 6.33. The Balaban J connectivity index is 2.16. The van der Waals surface area contributed by atoms with Gasteiger partial charge >= 0.3 is 0 Å². The summed E-state index contributed by atoms with van der Waals surface area (Å²) in [6, 6.07) is 5.82. The Morgan fingerprint density at radius 1 is 1.32 bits per heavy atom. The molecule has 19 heavy (non-hydrogen) atoms. The van der Waals surface area contributed by atoms with Gasteiger partial charge in [0, 0.05) is 12.7 Å². The number of anilines is 3. The van der Waals surface area contributed by atoms with E-state index in [9.17, 15) is 4.39 Å². The molecule has 0 aliphatic carbocycles. The molecule has 1 heterocycles. The molecule has 1 aromatic heterocycles. The van der Waals surface area contributed by atoms with Gasteiger partial charge in [-0.2, -0.15) is 4.98 Å². The molecule has 100 valence electrons. The standard InChI is InChI=1S/C13H14ClFN4/c1-2-6-16-13-17-7-5-12(19-13)18-11-8-9(15)3-4-10(11)14/h3-5,7-8H,2,6H2,1H3,(H2,16,17,18,19). The number of aromatic nitrogens is 2. The van der Waals surface area contributed by atoms with Gasteiger partial charge in [-0.05, 0) is 30.7 Å². The highest BCUT2D eigenvalue weighted by Gasteiger charge is 2.04. The number of nitrogens with one attached hydrogen (secondary N) is 2. The van der Waals surface area contributed by atoms with Crippen LogP contribution in [0.4, 0.5) is 21.8 Å². The third-order valence-electron chi connectivity index (χ3n) is 2.38. The lowest BCUT2D eigenvalue weighted by atomic mass is 10.3. The summed E-state index contributed by atoms with van der Waals surface area (Å²) in [5.41, 5.74) is 0.474. The molecule has 1 aromatic carbocycles. The molecule has 0 fully saturated rings. The van der Waals surface area contributed by atoms with Crippen LogP contribution in [0.3, 0.4) is 0 Å². The minimum absolute atomic E-state index is 0.356. The van der Waals surface area contributed by atoms with Crippen molar-refractivity contribution in [1.29, 1.82) is 0 Å². The number of benzene rings is 1. The molecule has 0 spiro atoms. The zero-order valence-electron chi connectivity index (χ0n) is 10.5. The van der Waals surface area contributed by atoms with Crippen LogP contribution >= 0.6 is 11.6 Å². The smallest absolute Gasteiger partial charge is 0.224 e. The van der Waals surface area contributed by atoms with Crippen LogP contribution in [0.2, 0.25) is 5.02 Å². The molecular formula is C13H14ClFN4. The van der Waals surface area contributed by atoms with E-state index in [2.05, 4.69) is 27.5 Å². The van der Waals surface area contributed by atoms with E-state index in [0.717, 1.165) is 13.0 Å². The van der Waals surface area contributed by atoms with E-state index in [1.165, 1.54) is 18.2 Å². The van der Waals surface area contributed by atoms with Gasteiger partial charge < -0.3 is 10.6 Å². The topological polar surface area (TPSA) is 49.8 Å². The number of halogens is 2. The second-order valence-electron chi connectivity index (χ2n) is 3.94. The lowest BCUT2D eigenvalue weighted by Crippen LogP contribution is -2.05. The Kier molecular flexibility index (Phi) is 4.52. The van der Waals surface area contributed by atoms with Gasteiger partial charge in [0.25, 0.3) is 0 Å². The summed E-state index contributed by atoms with van der Waals surface area (Å²) in [6.07, 6.45) is 2.61. The SMILES string of the molecule is CCCNc1nccc(Nc2cc(F)ccc2Cl)n1. The molecule has 2 rings (SSSR count). The first-order valence-electron chi connectivity index (χ1n) is 5.98. The minimum Gasteiger partial charge on any atom is -0.354 e. The van der Waals surface area contributed by atoms with Crippen molar-refractivity contribution >= 4 is 29.1 Å². The fraction of sp³-hybridized carbons (Fsp3) is 0.231. The van der Waals surface area contributed by atoms with Crippen molar-refractivity contribution in [3.05, 3.63) is 41.3 Å². The average Bonchev–Trinajstić information content (AvgIpc) is 2.41. The lowest BCUT2D eigenvalue weighted by molar-refractivity contribution is 0.628. The maximum absolute atomic E-state index is 13.2. The minimum atomic E-state index is -0.356. The fourth-order valence-electron chi connectivity index (χ4n) is 1.48. The molecule has 0 bridgehead atoms. The van der Waals surface area contributed by atoms with Crippen LogP contribution in [0.1, 0.15) is 13.3 Å². The number of rotatable bonds is 5. The molecule has 0 atom stereocenters. The van der Waals surface area contributed by atoms with Crippen LogP contribution in [0.25, 0.3) is 0 Å². The van der Waals surface area contributed by atoms with Gasteiger partial charge in [0.2, 0.25) is 5.95 Å². The molecule has 2 N–H and O–H groups in total. The summed E-state index contributed by atoms with van der Waals surface area (Å²) >= 11 is 5.98. The van der Waals surface area contributed by atoms with Gasteiger partial charge in [-0.25, -0.2) is 9.37 Å². The summed E-state index contributed by atoms with van der Waals surface area (Å²) in [6.45, 7) is 2.85. The molecule has 0 aliphatic rings. The molecule has 0 saturated heterocycles. The van der Waals surface area contributed by atoms with E-state index in [1.54, 1.807) is 12.3 Å². The molecule has 0 radical (unpaired) electrons. The van der Waals surface area contributed by atoms with Crippen LogP contribution in [0.15, 0.2) is 30.5 Å². The molecule has 0 unspecified atom stereocenters. The third kappa shape index (κ3) is 3.79. The predicted octanol–water partition coefficient (Wildman–Crippen LogP) is 3.83. The predicted molar refractivity (Wildman–Crippen MR) is 75.5 cm³/mol. The van der Waals surface area contributed by atoms with Crippen molar-refractivity contribution in [2.45, 2.75) is 13.3 Å². The van der Waals surface area contributed by atoms with Crippen LogP contribution in [0.5, 0.6) is 0 Å². The van der Waals surface area contributed by atoms with Crippen LogP contribution in [-0.2, 0) is 0 Å². The first-order chi connectivity index (χ1) is 9.19. The Morgan fingerprint density at radius 3 is 2.95 bits per heavy atom. The lowest BCUT2D eigenvalue weighted by Gasteiger charge is -2.09. The van der Waals surface area contributed by atoms with Gasteiger partial charge in [-0.1, -0.05) is 18.5 Å². The molecule has 2 aromatic rings. The van der Waals surface area contributed by atoms with E-state index >= 15 is 0 Å². The summed E-state index contributed by atoms with van der Waals surface area (Å²) in [5, 5.41) is 6.48. The Bertz CT molecular complexity index is 562. The number of hydrogen-bond donors (Lipinski definition) is 2. The van der Waals surface area contributed by atoms with Crippen molar-refractivity contribution in [3.8, 4) is 0 Å². The van der Waals surface area contributed by atoms with E-state index in [4.69, 9.17) is 11.6 Å². The van der Waals surface area contributed by atoms with Crippen molar-refractivity contribution in [3.63, 3.8) is 0 Å². The fourth-order valence-corrected chi connectivity index (χ4v) is 1.65. The molecular weight excluding hydrogens is 267 g/mol. The zero-order valence-corrected chi connectivity index (χ0v) is 11.2. The van der Waals surface area contributed by atoms with Crippen molar-refractivity contribution < 1.29 is 4.39 Å². The van der Waals surface area contributed by atoms with Crippen molar-refractivity contribution in [2.75, 3.05) is 17.2 Å². The average molecular weight is 281 g/mol. The van der Waals surface area contributed by atoms with Crippen molar-refractivity contribution in [2.24, 2.45) is 0 Å². The summed E-state index contributed by atoms with van der Waals surface area (Å²) < 4.78 is 13.2. The van der Waals surface area contributed by atoms with Gasteiger partial charge in [0.15, 0.2) is 0 Å². The van der Waals surface area contributed by atoms with Crippen LogP contribution in [-0.4, -0.2) is 16.5 Å². The second-order valence-corrected chi connectivity index (χ2v) is 4.35. The molecule has 4 nitrogen and oxygen atoms in total. The first-order valence-corrected chi connectivity index (χ1v) is 6.36. The largest absolute Gasteiger partial charge is 0.354 e. The summed E-state index contributed by atoms with van der Waals surface area (Å²) in [4.78, 5) is 8.35. The molecule has 6 heteroatoms. The highest BCUT2D eigenvalue weighted by molar-refractivity contribution is 6.33. The third-order valence-corrected chi connectivity index (χ3v) is 2.71. The van der Waals surface area contributed by atoms with E-state index in [1.807, 2.05) is 0 Å². The van der Waals surface area contributed by atoms with Gasteiger partial charge in [0.1, 0.15) is 11.6 Å². The Hall–Kier alpha value is -1.88. The van der Waals surface area contributed by atoms with Gasteiger partial charge in [0.05, 0.1) is 10.7 Å². The first kappa shape index (κ1) is 13.5. The number of hydrogen-bond acceptors (Lipinski definition) is 4. The van der Waals surface area contributed by atoms with Gasteiger partial charge in [-0.3, -0.25) is 0 Å². The summed E-state index contributed by atoms with van der Waals surface area (Å²) in [7, 11) is 0. The highest BCUT2D eigenvalue weighted by atomic mass is 35.5. The van der Waals surface area contributed by atoms with E-state index < -0.39 is 0 Å². The maximum Gasteiger partial charge on any atom is 0.224 e. The maximum atomic E-state index is 13.2. The van der Waals surface area contributed by atoms with Crippen LogP contribution < -0.4 is 10.6 Å². The quantitative estimate of drug-likeness (QED) is 0.874. The van der Waals surface area contributed by atoms with E-state index in [0.29, 0.717) is 22.5 Å². The summed E-state index contributed by atoms with van der Waals surface area (Å²) in [5.74, 6) is 0.728. The van der Waals surface area contributed by atoms with E-state index in [-0.39, 0.29) is 5.82 Å². The Morgan fingerprint density at radius 2 is 2.16 bits per heavy atom. The molecule has 0 amide bonds. The highest BCUT2D eigenvalue weighted by Crippen LogP contribution is 2.25. The molecule has 0 aliphatic heterocycles. The zero-order chi connectivity index (χ0) is 13.7. The van der Waals surface area contributed by atoms with Gasteiger partial charge in [-0.15, -0.1) is 0 Å². The van der Waals surface area contributed by atoms with Crippen LogP contribution in [0, 0.1) is 5.82 Å². The monoisotopic (exact) mass is 280 g/mol. The normalized spacial score (nSPS) is 10.3. The molecule has 0 saturated carbocycles.